The summed E-state index contributed by atoms with van der Waals surface area (Å²) < 4.78 is 0. The van der Waals surface area contributed by atoms with Crippen molar-refractivity contribution in [2.45, 2.75) is 37.8 Å². The monoisotopic (exact) mass is 251 g/mol. The number of hydrogen-bond acceptors (Lipinski definition) is 4. The van der Waals surface area contributed by atoms with Gasteiger partial charge in [0.25, 0.3) is 0 Å². The standard InChI is InChI=1S/C12H17N3O3/c13-10(16)9(14-6-1-2-6)3-4-15-11(17)7-5-8(7)12(15)18/h6-9,14H,1-5H2,(H2,13,16). The van der Waals surface area contributed by atoms with Gasteiger partial charge in [-0.2, -0.15) is 0 Å². The van der Waals surface area contributed by atoms with Crippen LogP contribution in [0.25, 0.3) is 0 Å². The van der Waals surface area contributed by atoms with Gasteiger partial charge in [0.1, 0.15) is 0 Å². The molecule has 0 aromatic heterocycles. The summed E-state index contributed by atoms with van der Waals surface area (Å²) in [5.41, 5.74) is 5.31. The molecular weight excluding hydrogens is 234 g/mol. The summed E-state index contributed by atoms with van der Waals surface area (Å²) in [7, 11) is 0. The SMILES string of the molecule is NC(=O)C(CCN1C(=O)C2CC2C1=O)NC1CC1. The zero-order valence-electron chi connectivity index (χ0n) is 10.1. The van der Waals surface area contributed by atoms with Crippen LogP contribution < -0.4 is 11.1 Å². The highest BCUT2D eigenvalue weighted by molar-refractivity contribution is 6.08. The average Bonchev–Trinajstić information content (AvgIpc) is 3.20. The second-order valence-electron chi connectivity index (χ2n) is 5.46. The first-order chi connectivity index (χ1) is 8.58. The molecule has 6 heteroatoms. The van der Waals surface area contributed by atoms with Gasteiger partial charge in [0.05, 0.1) is 17.9 Å². The smallest absolute Gasteiger partial charge is 0.234 e. The summed E-state index contributed by atoms with van der Waals surface area (Å²) in [6.07, 6.45) is 3.27. The Morgan fingerprint density at radius 3 is 2.44 bits per heavy atom. The summed E-state index contributed by atoms with van der Waals surface area (Å²) in [6, 6.07) is -0.0593. The second kappa shape index (κ2) is 4.05. The van der Waals surface area contributed by atoms with E-state index >= 15 is 0 Å². The van der Waals surface area contributed by atoms with Crippen molar-refractivity contribution in [3.63, 3.8) is 0 Å². The number of likely N-dealkylation sites (tertiary alicyclic amines) is 1. The van der Waals surface area contributed by atoms with Crippen molar-refractivity contribution in [1.29, 1.82) is 0 Å². The Morgan fingerprint density at radius 2 is 1.94 bits per heavy atom. The second-order valence-corrected chi connectivity index (χ2v) is 5.46. The third kappa shape index (κ3) is 2.01. The van der Waals surface area contributed by atoms with Crippen LogP contribution in [0.5, 0.6) is 0 Å². The minimum atomic E-state index is -0.435. The quantitative estimate of drug-likeness (QED) is 0.591. The molecule has 0 spiro atoms. The summed E-state index contributed by atoms with van der Waals surface area (Å²) in [5.74, 6) is -0.688. The zero-order valence-corrected chi connectivity index (χ0v) is 10.1. The molecule has 3 rings (SSSR count). The molecule has 3 atom stereocenters. The molecular formula is C12H17N3O3. The summed E-state index contributed by atoms with van der Waals surface area (Å²) >= 11 is 0. The minimum Gasteiger partial charge on any atom is -0.368 e. The van der Waals surface area contributed by atoms with Crippen LogP contribution in [0.2, 0.25) is 0 Å². The number of piperidine rings is 1. The van der Waals surface area contributed by atoms with Crippen LogP contribution in [0.4, 0.5) is 0 Å². The van der Waals surface area contributed by atoms with Crippen LogP contribution in [-0.2, 0) is 14.4 Å². The molecule has 2 aliphatic carbocycles. The van der Waals surface area contributed by atoms with Crippen LogP contribution in [-0.4, -0.2) is 41.2 Å². The molecule has 1 saturated heterocycles. The van der Waals surface area contributed by atoms with Crippen molar-refractivity contribution in [2.75, 3.05) is 6.54 Å². The van der Waals surface area contributed by atoms with Gasteiger partial charge in [-0.3, -0.25) is 19.3 Å². The van der Waals surface area contributed by atoms with Crippen molar-refractivity contribution >= 4 is 17.7 Å². The number of nitrogens with zero attached hydrogens (tertiary/aromatic N) is 1. The van der Waals surface area contributed by atoms with Gasteiger partial charge in [0, 0.05) is 12.6 Å². The van der Waals surface area contributed by atoms with Crippen LogP contribution in [0.15, 0.2) is 0 Å². The molecule has 3 unspecified atom stereocenters. The van der Waals surface area contributed by atoms with Gasteiger partial charge >= 0.3 is 0 Å². The van der Waals surface area contributed by atoms with E-state index in [2.05, 4.69) is 5.32 Å². The molecule has 0 aromatic carbocycles. The van der Waals surface area contributed by atoms with Gasteiger partial charge in [-0.05, 0) is 25.7 Å². The number of amides is 3. The number of hydrogen-bond donors (Lipinski definition) is 2. The lowest BCUT2D eigenvalue weighted by Gasteiger charge is -2.20. The molecule has 0 radical (unpaired) electrons. The number of imide groups is 1. The maximum absolute atomic E-state index is 11.7. The Kier molecular flexibility index (Phi) is 2.62. The van der Waals surface area contributed by atoms with E-state index in [1.807, 2.05) is 0 Å². The van der Waals surface area contributed by atoms with Crippen LogP contribution in [0, 0.1) is 11.8 Å². The molecule has 0 bridgehead atoms. The molecule has 3 N–H and O–H groups in total. The molecule has 18 heavy (non-hydrogen) atoms. The van der Waals surface area contributed by atoms with Gasteiger partial charge in [-0.25, -0.2) is 0 Å². The van der Waals surface area contributed by atoms with Gasteiger partial charge in [0.2, 0.25) is 17.7 Å². The lowest BCUT2D eigenvalue weighted by Crippen LogP contribution is -2.45. The van der Waals surface area contributed by atoms with Crippen LogP contribution in [0.3, 0.4) is 0 Å². The fourth-order valence-corrected chi connectivity index (χ4v) is 2.57. The third-order valence-electron chi connectivity index (χ3n) is 3.96. The average molecular weight is 251 g/mol. The molecule has 1 heterocycles. The van der Waals surface area contributed by atoms with Crippen LogP contribution in [0.1, 0.15) is 25.7 Å². The molecule has 3 aliphatic rings. The van der Waals surface area contributed by atoms with Crippen LogP contribution >= 0.6 is 0 Å². The summed E-state index contributed by atoms with van der Waals surface area (Å²) in [6.45, 7) is 0.304. The summed E-state index contributed by atoms with van der Waals surface area (Å²) in [5, 5.41) is 3.14. The Balaban J connectivity index is 1.54. The maximum atomic E-state index is 11.7. The molecule has 98 valence electrons. The van der Waals surface area contributed by atoms with Crippen molar-refractivity contribution in [2.24, 2.45) is 17.6 Å². The van der Waals surface area contributed by atoms with E-state index in [1.165, 1.54) is 4.90 Å². The number of fused-ring (bicyclic) bond motifs is 1. The van der Waals surface area contributed by atoms with Crippen molar-refractivity contribution in [1.82, 2.24) is 10.2 Å². The predicted octanol–water partition coefficient (Wildman–Crippen LogP) is -1.01. The van der Waals surface area contributed by atoms with E-state index in [4.69, 9.17) is 5.73 Å². The first-order valence-corrected chi connectivity index (χ1v) is 6.48. The van der Waals surface area contributed by atoms with Gasteiger partial charge in [-0.1, -0.05) is 0 Å². The Morgan fingerprint density at radius 1 is 1.33 bits per heavy atom. The van der Waals surface area contributed by atoms with Crippen molar-refractivity contribution in [3.8, 4) is 0 Å². The first-order valence-electron chi connectivity index (χ1n) is 6.48. The van der Waals surface area contributed by atoms with E-state index in [9.17, 15) is 14.4 Å². The minimum absolute atomic E-state index is 0.0686. The lowest BCUT2D eigenvalue weighted by molar-refractivity contribution is -0.141. The fraction of sp³-hybridized carbons (Fsp3) is 0.750. The lowest BCUT2D eigenvalue weighted by atomic mass is 10.2. The number of nitrogens with one attached hydrogen (secondary N) is 1. The number of carbonyl (C=O) groups excluding carboxylic acids is 3. The van der Waals surface area contributed by atoms with Crippen molar-refractivity contribution in [3.05, 3.63) is 0 Å². The highest BCUT2D eigenvalue weighted by Gasteiger charge is 2.58. The summed E-state index contributed by atoms with van der Waals surface area (Å²) in [4.78, 5) is 36.1. The van der Waals surface area contributed by atoms with Gasteiger partial charge in [-0.15, -0.1) is 0 Å². The van der Waals surface area contributed by atoms with E-state index in [0.29, 0.717) is 25.4 Å². The Bertz CT molecular complexity index is 399. The highest BCUT2D eigenvalue weighted by atomic mass is 16.2. The molecule has 3 fully saturated rings. The normalized spacial score (nSPS) is 31.4. The molecule has 0 aromatic rings. The third-order valence-corrected chi connectivity index (χ3v) is 3.96. The topological polar surface area (TPSA) is 92.5 Å². The van der Waals surface area contributed by atoms with Crippen molar-refractivity contribution < 1.29 is 14.4 Å². The fourth-order valence-electron chi connectivity index (χ4n) is 2.57. The molecule has 6 nitrogen and oxygen atoms in total. The van der Waals surface area contributed by atoms with E-state index in [-0.39, 0.29) is 23.7 Å². The number of primary amides is 1. The molecule has 3 amide bonds. The maximum Gasteiger partial charge on any atom is 0.234 e. The van der Waals surface area contributed by atoms with E-state index in [1.54, 1.807) is 0 Å². The zero-order chi connectivity index (χ0) is 12.9. The van der Waals surface area contributed by atoms with E-state index < -0.39 is 11.9 Å². The van der Waals surface area contributed by atoms with Gasteiger partial charge in [0.15, 0.2) is 0 Å². The number of nitrogens with two attached hydrogens (primary N) is 1. The largest absolute Gasteiger partial charge is 0.368 e. The predicted molar refractivity (Wildman–Crippen MR) is 62.1 cm³/mol. The Labute approximate surface area is 105 Å². The first kappa shape index (κ1) is 11.6. The van der Waals surface area contributed by atoms with E-state index in [0.717, 1.165) is 12.8 Å². The van der Waals surface area contributed by atoms with Gasteiger partial charge < -0.3 is 11.1 Å². The number of rotatable bonds is 6. The Hall–Kier alpha value is -1.43. The molecule has 2 saturated carbocycles. The number of carbonyl (C=O) groups is 3. The highest BCUT2D eigenvalue weighted by Crippen LogP contribution is 2.46. The molecule has 1 aliphatic heterocycles.